The summed E-state index contributed by atoms with van der Waals surface area (Å²) in [6, 6.07) is 8.26. The monoisotopic (exact) mass is 346 g/mol. The van der Waals surface area contributed by atoms with Crippen molar-refractivity contribution in [3.8, 4) is 0 Å². The van der Waals surface area contributed by atoms with E-state index in [1.807, 2.05) is 30.3 Å². The lowest BCUT2D eigenvalue weighted by molar-refractivity contribution is -0.392. The van der Waals surface area contributed by atoms with Crippen LogP contribution in [0.5, 0.6) is 0 Å². The van der Waals surface area contributed by atoms with Crippen molar-refractivity contribution in [3.63, 3.8) is 0 Å². The fraction of sp³-hybridized carbons (Fsp3) is 0.312. The topological polar surface area (TPSA) is 116 Å². The Hall–Kier alpha value is -3.23. The molecule has 25 heavy (non-hydrogen) atoms. The number of carbonyl (C=O) groups is 2. The number of hydrogen-bond acceptors (Lipinski definition) is 6. The zero-order valence-electron chi connectivity index (χ0n) is 13.8. The van der Waals surface area contributed by atoms with Crippen molar-refractivity contribution in [3.05, 3.63) is 58.0 Å². The molecular weight excluding hydrogens is 328 g/mol. The third-order valence-electron chi connectivity index (χ3n) is 3.63. The number of ether oxygens (including phenoxy) is 1. The maximum atomic E-state index is 12.3. The smallest absolute Gasteiger partial charge is 0.343 e. The number of esters is 1. The van der Waals surface area contributed by atoms with Crippen LogP contribution < -0.4 is 5.32 Å². The van der Waals surface area contributed by atoms with Gasteiger partial charge in [0.15, 0.2) is 12.4 Å². The fourth-order valence-corrected chi connectivity index (χ4v) is 2.37. The molecular formula is C16H18N4O5. The molecule has 0 radical (unpaired) electrons. The summed E-state index contributed by atoms with van der Waals surface area (Å²) in [5.41, 5.74) is 0.850. The molecule has 0 aliphatic heterocycles. The first-order valence-electron chi connectivity index (χ1n) is 7.50. The van der Waals surface area contributed by atoms with Crippen molar-refractivity contribution in [2.75, 3.05) is 7.11 Å². The summed E-state index contributed by atoms with van der Waals surface area (Å²) in [4.78, 5) is 38.4. The second-order valence-electron chi connectivity index (χ2n) is 5.34. The number of imidazole rings is 1. The van der Waals surface area contributed by atoms with Crippen LogP contribution >= 0.6 is 0 Å². The van der Waals surface area contributed by atoms with Gasteiger partial charge in [-0.1, -0.05) is 30.3 Å². The normalized spacial score (nSPS) is 11.6. The van der Waals surface area contributed by atoms with E-state index in [1.54, 1.807) is 6.92 Å². The van der Waals surface area contributed by atoms with Gasteiger partial charge in [-0.15, -0.1) is 0 Å². The van der Waals surface area contributed by atoms with Gasteiger partial charge in [0.05, 0.1) is 7.11 Å². The highest BCUT2D eigenvalue weighted by Gasteiger charge is 2.25. The van der Waals surface area contributed by atoms with Crippen LogP contribution in [0.4, 0.5) is 5.82 Å². The lowest BCUT2D eigenvalue weighted by Gasteiger charge is -2.16. The maximum absolute atomic E-state index is 12.3. The minimum absolute atomic E-state index is 0.254. The summed E-state index contributed by atoms with van der Waals surface area (Å²) >= 11 is 0. The van der Waals surface area contributed by atoms with Crippen molar-refractivity contribution in [1.29, 1.82) is 0 Å². The van der Waals surface area contributed by atoms with Crippen molar-refractivity contribution in [2.24, 2.45) is 0 Å². The fourth-order valence-electron chi connectivity index (χ4n) is 2.37. The van der Waals surface area contributed by atoms with Crippen LogP contribution in [0.1, 0.15) is 11.4 Å². The largest absolute Gasteiger partial charge is 0.467 e. The summed E-state index contributed by atoms with van der Waals surface area (Å²) in [6.45, 7) is 1.24. The van der Waals surface area contributed by atoms with Gasteiger partial charge >= 0.3 is 11.8 Å². The van der Waals surface area contributed by atoms with E-state index < -0.39 is 22.8 Å². The molecule has 0 saturated heterocycles. The molecule has 132 valence electrons. The summed E-state index contributed by atoms with van der Waals surface area (Å²) in [5.74, 6) is -1.09. The molecule has 0 spiro atoms. The SMILES string of the molecule is COC(=O)[C@H](Cc1ccccc1)NC(=O)Cn1c([N+](=O)[O-])cnc1C. The molecule has 1 heterocycles. The Balaban J connectivity index is 2.11. The third kappa shape index (κ3) is 4.63. The molecule has 1 atom stereocenters. The molecule has 0 unspecified atom stereocenters. The average Bonchev–Trinajstić information content (AvgIpc) is 2.95. The predicted octanol–water partition coefficient (Wildman–Crippen LogP) is 1.00. The Kier molecular flexibility index (Phi) is 5.83. The quantitative estimate of drug-likeness (QED) is 0.454. The van der Waals surface area contributed by atoms with Crippen molar-refractivity contribution in [1.82, 2.24) is 14.9 Å². The lowest BCUT2D eigenvalue weighted by Crippen LogP contribution is -2.44. The molecule has 1 aromatic heterocycles. The minimum Gasteiger partial charge on any atom is -0.467 e. The summed E-state index contributed by atoms with van der Waals surface area (Å²) in [6.07, 6.45) is 1.34. The predicted molar refractivity (Wildman–Crippen MR) is 87.7 cm³/mol. The summed E-state index contributed by atoms with van der Waals surface area (Å²) in [7, 11) is 1.23. The van der Waals surface area contributed by atoms with Crippen LogP contribution in [0.15, 0.2) is 36.5 Å². The van der Waals surface area contributed by atoms with Gasteiger partial charge in [-0.05, 0) is 10.5 Å². The van der Waals surface area contributed by atoms with E-state index in [2.05, 4.69) is 10.3 Å². The number of carbonyl (C=O) groups excluding carboxylic acids is 2. The van der Waals surface area contributed by atoms with E-state index in [0.29, 0.717) is 5.82 Å². The van der Waals surface area contributed by atoms with E-state index in [4.69, 9.17) is 4.74 Å². The lowest BCUT2D eigenvalue weighted by atomic mass is 10.1. The number of benzene rings is 1. The molecule has 2 aromatic rings. The molecule has 1 aromatic carbocycles. The Morgan fingerprint density at radius 2 is 2.04 bits per heavy atom. The van der Waals surface area contributed by atoms with Crippen molar-refractivity contribution >= 4 is 17.7 Å². The molecule has 0 aliphatic carbocycles. The van der Waals surface area contributed by atoms with Gasteiger partial charge in [0.25, 0.3) is 5.91 Å². The highest BCUT2D eigenvalue weighted by atomic mass is 16.6. The Bertz CT molecular complexity index is 772. The first-order chi connectivity index (χ1) is 11.9. The van der Waals surface area contributed by atoms with Gasteiger partial charge in [0.1, 0.15) is 12.2 Å². The van der Waals surface area contributed by atoms with Gasteiger partial charge in [0, 0.05) is 13.3 Å². The number of nitro groups is 1. The van der Waals surface area contributed by atoms with E-state index in [-0.39, 0.29) is 18.8 Å². The zero-order valence-corrected chi connectivity index (χ0v) is 13.8. The number of aryl methyl sites for hydroxylation is 1. The van der Waals surface area contributed by atoms with Crippen LogP contribution in [-0.2, 0) is 27.3 Å². The van der Waals surface area contributed by atoms with Crippen LogP contribution in [0, 0.1) is 17.0 Å². The van der Waals surface area contributed by atoms with Crippen LogP contribution in [0.2, 0.25) is 0 Å². The number of methoxy groups -OCH3 is 1. The maximum Gasteiger partial charge on any atom is 0.343 e. The van der Waals surface area contributed by atoms with Gasteiger partial charge in [0.2, 0.25) is 0 Å². The second-order valence-corrected chi connectivity index (χ2v) is 5.34. The Morgan fingerprint density at radius 3 is 2.64 bits per heavy atom. The molecule has 9 nitrogen and oxygen atoms in total. The summed E-state index contributed by atoms with van der Waals surface area (Å²) < 4.78 is 5.90. The molecule has 1 N–H and O–H groups in total. The molecule has 9 heteroatoms. The van der Waals surface area contributed by atoms with E-state index >= 15 is 0 Å². The van der Waals surface area contributed by atoms with Gasteiger partial charge in [-0.25, -0.2) is 14.3 Å². The zero-order chi connectivity index (χ0) is 18.4. The third-order valence-corrected chi connectivity index (χ3v) is 3.63. The number of nitrogens with one attached hydrogen (secondary N) is 1. The second kappa shape index (κ2) is 8.04. The van der Waals surface area contributed by atoms with E-state index in [1.165, 1.54) is 11.7 Å². The average molecular weight is 346 g/mol. The van der Waals surface area contributed by atoms with Crippen molar-refractivity contribution in [2.45, 2.75) is 25.9 Å². The minimum atomic E-state index is -0.886. The van der Waals surface area contributed by atoms with Crippen molar-refractivity contribution < 1.29 is 19.2 Å². The number of rotatable bonds is 7. The highest BCUT2D eigenvalue weighted by molar-refractivity contribution is 5.84. The van der Waals surface area contributed by atoms with E-state index in [0.717, 1.165) is 11.8 Å². The van der Waals surface area contributed by atoms with Crippen LogP contribution in [0.3, 0.4) is 0 Å². The van der Waals surface area contributed by atoms with Gasteiger partial charge in [-0.2, -0.15) is 0 Å². The molecule has 0 bridgehead atoms. The van der Waals surface area contributed by atoms with Crippen LogP contribution in [0.25, 0.3) is 0 Å². The molecule has 1 amide bonds. The van der Waals surface area contributed by atoms with Crippen LogP contribution in [-0.4, -0.2) is 39.5 Å². The Morgan fingerprint density at radius 1 is 1.36 bits per heavy atom. The standard InChI is InChI=1S/C16H18N4O5/c1-11-17-9-15(20(23)24)19(11)10-14(21)18-13(16(22)25-2)8-12-6-4-3-5-7-12/h3-7,9,13H,8,10H2,1-2H3,(H,18,21)/t13-/m0/s1. The first-order valence-corrected chi connectivity index (χ1v) is 7.50. The van der Waals surface area contributed by atoms with Gasteiger partial charge < -0.3 is 20.2 Å². The molecule has 2 rings (SSSR count). The number of nitrogens with zero attached hydrogens (tertiary/aromatic N) is 3. The Labute approximate surface area is 143 Å². The molecule has 0 saturated carbocycles. The van der Waals surface area contributed by atoms with E-state index in [9.17, 15) is 19.7 Å². The first kappa shape index (κ1) is 18.1. The number of amides is 1. The number of aromatic nitrogens is 2. The summed E-state index contributed by atoms with van der Waals surface area (Å²) in [5, 5.41) is 13.5. The number of hydrogen-bond donors (Lipinski definition) is 1. The molecule has 0 fully saturated rings. The van der Waals surface area contributed by atoms with Gasteiger partial charge in [-0.3, -0.25) is 4.79 Å². The molecule has 0 aliphatic rings. The highest BCUT2D eigenvalue weighted by Crippen LogP contribution is 2.13.